The number of carbonyl (C=O) groups excluding carboxylic acids is 1. The Morgan fingerprint density at radius 3 is 2.74 bits per heavy atom. The van der Waals surface area contributed by atoms with Crippen molar-refractivity contribution in [3.05, 3.63) is 0 Å². The highest BCUT2D eigenvalue weighted by atomic mass is 16.2. The Morgan fingerprint density at radius 2 is 2.11 bits per heavy atom. The average molecular weight is 266 g/mol. The van der Waals surface area contributed by atoms with E-state index in [1.807, 2.05) is 11.9 Å². The Bertz CT molecular complexity index is 344. The molecule has 0 bridgehead atoms. The third kappa shape index (κ3) is 2.46. The van der Waals surface area contributed by atoms with Crippen molar-refractivity contribution in [1.82, 2.24) is 20.0 Å². The molecule has 2 saturated heterocycles. The lowest BCUT2D eigenvalue weighted by Crippen LogP contribution is -2.54. The van der Waals surface area contributed by atoms with E-state index in [0.29, 0.717) is 12.1 Å². The molecule has 3 fully saturated rings. The summed E-state index contributed by atoms with van der Waals surface area (Å²) in [5.41, 5.74) is 0. The zero-order valence-electron chi connectivity index (χ0n) is 12.1. The normalized spacial score (nSPS) is 33.9. The minimum absolute atomic E-state index is 0.232. The number of nitrogens with zero attached hydrogens (tertiary/aromatic N) is 3. The first-order valence-corrected chi connectivity index (χ1v) is 7.59. The van der Waals surface area contributed by atoms with Crippen molar-refractivity contribution in [1.29, 1.82) is 0 Å². The molecule has 2 heterocycles. The number of piperazine rings is 1. The smallest absolute Gasteiger partial charge is 0.320 e. The van der Waals surface area contributed by atoms with E-state index in [9.17, 15) is 4.79 Å². The summed E-state index contributed by atoms with van der Waals surface area (Å²) in [7, 11) is 4.15. The van der Waals surface area contributed by atoms with Crippen molar-refractivity contribution < 1.29 is 4.79 Å². The second-order valence-corrected chi connectivity index (χ2v) is 6.40. The summed E-state index contributed by atoms with van der Waals surface area (Å²) in [6.45, 7) is 4.94. The molecule has 1 N–H and O–H groups in total. The second kappa shape index (κ2) is 5.29. The highest BCUT2D eigenvalue weighted by molar-refractivity contribution is 5.77. The molecule has 2 unspecified atom stereocenters. The van der Waals surface area contributed by atoms with Crippen LogP contribution in [0.25, 0.3) is 0 Å². The molecular formula is C14H26N4O. The molecule has 3 rings (SSSR count). The molecule has 3 aliphatic rings. The first-order chi connectivity index (χ1) is 9.16. The van der Waals surface area contributed by atoms with Gasteiger partial charge < -0.3 is 15.1 Å². The highest BCUT2D eigenvalue weighted by Gasteiger charge is 2.41. The first kappa shape index (κ1) is 13.2. The standard InChI is InChI=1S/C14H26N4O/c1-16-7-6-15-8-12(16)9-18-10-13(11-4-3-5-11)17(2)14(18)19/h11-13,15H,3-10H2,1-2H3. The van der Waals surface area contributed by atoms with Crippen LogP contribution in [0, 0.1) is 5.92 Å². The maximum Gasteiger partial charge on any atom is 0.320 e. The van der Waals surface area contributed by atoms with Crippen molar-refractivity contribution in [3.63, 3.8) is 0 Å². The summed E-state index contributed by atoms with van der Waals surface area (Å²) in [6, 6.07) is 1.16. The third-order valence-corrected chi connectivity index (χ3v) is 5.25. The van der Waals surface area contributed by atoms with E-state index >= 15 is 0 Å². The Kier molecular flexibility index (Phi) is 3.67. The molecular weight excluding hydrogens is 240 g/mol. The van der Waals surface area contributed by atoms with E-state index in [-0.39, 0.29) is 6.03 Å². The predicted molar refractivity (Wildman–Crippen MR) is 75.1 cm³/mol. The summed E-state index contributed by atoms with van der Waals surface area (Å²) in [5, 5.41) is 3.43. The number of urea groups is 1. The molecule has 0 aromatic rings. The number of amides is 2. The van der Waals surface area contributed by atoms with Crippen LogP contribution in [0.4, 0.5) is 4.79 Å². The van der Waals surface area contributed by atoms with Gasteiger partial charge in [0.25, 0.3) is 0 Å². The molecule has 0 aromatic heterocycles. The van der Waals surface area contributed by atoms with Crippen molar-refractivity contribution >= 4 is 6.03 Å². The molecule has 0 spiro atoms. The van der Waals surface area contributed by atoms with Gasteiger partial charge in [-0.25, -0.2) is 4.79 Å². The summed E-state index contributed by atoms with van der Waals surface area (Å²) in [6.07, 6.45) is 3.96. The van der Waals surface area contributed by atoms with Gasteiger partial charge in [-0.15, -0.1) is 0 Å². The van der Waals surface area contributed by atoms with E-state index in [1.54, 1.807) is 0 Å². The molecule has 1 aliphatic carbocycles. The fourth-order valence-electron chi connectivity index (χ4n) is 3.55. The van der Waals surface area contributed by atoms with E-state index in [1.165, 1.54) is 19.3 Å². The molecule has 0 aromatic carbocycles. The summed E-state index contributed by atoms with van der Waals surface area (Å²) < 4.78 is 0. The largest absolute Gasteiger partial charge is 0.323 e. The SMILES string of the molecule is CN1CCNCC1CN1CC(C2CCC2)N(C)C1=O. The van der Waals surface area contributed by atoms with Gasteiger partial charge in [0.2, 0.25) is 0 Å². The molecule has 5 heteroatoms. The van der Waals surface area contributed by atoms with Gasteiger partial charge in [-0.1, -0.05) is 6.42 Å². The molecule has 19 heavy (non-hydrogen) atoms. The number of carbonyl (C=O) groups is 1. The van der Waals surface area contributed by atoms with Crippen LogP contribution in [0.2, 0.25) is 0 Å². The summed E-state index contributed by atoms with van der Waals surface area (Å²) in [5.74, 6) is 0.751. The fourth-order valence-corrected chi connectivity index (χ4v) is 3.55. The van der Waals surface area contributed by atoms with E-state index in [2.05, 4.69) is 22.2 Å². The number of likely N-dealkylation sites (N-methyl/N-ethyl adjacent to an activating group) is 2. The lowest BCUT2D eigenvalue weighted by molar-refractivity contribution is 0.150. The van der Waals surface area contributed by atoms with Gasteiger partial charge in [-0.2, -0.15) is 0 Å². The molecule has 0 radical (unpaired) electrons. The highest BCUT2D eigenvalue weighted by Crippen LogP contribution is 2.35. The van der Waals surface area contributed by atoms with Crippen molar-refractivity contribution in [3.8, 4) is 0 Å². The van der Waals surface area contributed by atoms with Gasteiger partial charge in [0.1, 0.15) is 0 Å². The van der Waals surface area contributed by atoms with Crippen LogP contribution < -0.4 is 5.32 Å². The van der Waals surface area contributed by atoms with Crippen molar-refractivity contribution in [2.24, 2.45) is 5.92 Å². The van der Waals surface area contributed by atoms with E-state index in [0.717, 1.165) is 38.6 Å². The molecule has 108 valence electrons. The molecule has 2 atom stereocenters. The average Bonchev–Trinajstić information content (AvgIpc) is 2.59. The topological polar surface area (TPSA) is 38.8 Å². The molecule has 2 aliphatic heterocycles. The van der Waals surface area contributed by atoms with Crippen molar-refractivity contribution in [2.75, 3.05) is 46.8 Å². The number of nitrogens with one attached hydrogen (secondary N) is 1. The minimum atomic E-state index is 0.232. The lowest BCUT2D eigenvalue weighted by Gasteiger charge is -2.35. The number of rotatable bonds is 3. The van der Waals surface area contributed by atoms with Gasteiger partial charge in [0, 0.05) is 45.8 Å². The predicted octanol–water partition coefficient (Wildman–Crippen LogP) is 0.426. The molecule has 1 saturated carbocycles. The fraction of sp³-hybridized carbons (Fsp3) is 0.929. The van der Waals surface area contributed by atoms with Gasteiger partial charge >= 0.3 is 6.03 Å². The Labute approximate surface area is 115 Å². The Morgan fingerprint density at radius 1 is 1.32 bits per heavy atom. The monoisotopic (exact) mass is 266 g/mol. The van der Waals surface area contributed by atoms with Crippen LogP contribution in [0.3, 0.4) is 0 Å². The van der Waals surface area contributed by atoms with Crippen molar-refractivity contribution in [2.45, 2.75) is 31.3 Å². The van der Waals surface area contributed by atoms with Crippen LogP contribution in [0.5, 0.6) is 0 Å². The quantitative estimate of drug-likeness (QED) is 0.805. The lowest BCUT2D eigenvalue weighted by atomic mass is 9.79. The maximum absolute atomic E-state index is 12.4. The summed E-state index contributed by atoms with van der Waals surface area (Å²) in [4.78, 5) is 18.8. The maximum atomic E-state index is 12.4. The molecule has 5 nitrogen and oxygen atoms in total. The molecule has 2 amide bonds. The zero-order valence-corrected chi connectivity index (χ0v) is 12.1. The van der Waals surface area contributed by atoms with Crippen LogP contribution in [0.1, 0.15) is 19.3 Å². The minimum Gasteiger partial charge on any atom is -0.323 e. The summed E-state index contributed by atoms with van der Waals surface area (Å²) >= 11 is 0. The van der Waals surface area contributed by atoms with Crippen LogP contribution >= 0.6 is 0 Å². The van der Waals surface area contributed by atoms with Crippen LogP contribution in [-0.4, -0.2) is 79.6 Å². The zero-order chi connectivity index (χ0) is 13.4. The number of hydrogen-bond acceptors (Lipinski definition) is 3. The van der Waals surface area contributed by atoms with E-state index in [4.69, 9.17) is 0 Å². The van der Waals surface area contributed by atoms with Crippen LogP contribution in [-0.2, 0) is 0 Å². The Balaban J connectivity index is 1.60. The van der Waals surface area contributed by atoms with E-state index < -0.39 is 0 Å². The number of hydrogen-bond donors (Lipinski definition) is 1. The third-order valence-electron chi connectivity index (χ3n) is 5.25. The van der Waals surface area contributed by atoms with Gasteiger partial charge in [0.05, 0.1) is 6.04 Å². The van der Waals surface area contributed by atoms with Gasteiger partial charge in [-0.3, -0.25) is 4.90 Å². The van der Waals surface area contributed by atoms with Gasteiger partial charge in [0.15, 0.2) is 0 Å². The second-order valence-electron chi connectivity index (χ2n) is 6.40. The first-order valence-electron chi connectivity index (χ1n) is 7.59. The van der Waals surface area contributed by atoms with Crippen LogP contribution in [0.15, 0.2) is 0 Å². The Hall–Kier alpha value is -0.810. The van der Waals surface area contributed by atoms with Gasteiger partial charge in [-0.05, 0) is 25.8 Å².